The van der Waals surface area contributed by atoms with Gasteiger partial charge in [-0.2, -0.15) is 5.10 Å². The lowest BCUT2D eigenvalue weighted by molar-refractivity contribution is 0.142. The highest BCUT2D eigenvalue weighted by atomic mass is 16.5. The normalized spacial score (nSPS) is 12.3. The molecule has 25 heavy (non-hydrogen) atoms. The number of rotatable bonds is 7. The maximum Gasteiger partial charge on any atom is 0.118 e. The summed E-state index contributed by atoms with van der Waals surface area (Å²) < 4.78 is 7.05. The number of methoxy groups -OCH3 is 1. The number of likely N-dealkylation sites (N-methyl/N-ethyl adjacent to an activating group) is 1. The highest BCUT2D eigenvalue weighted by Gasteiger charge is 2.16. The summed E-state index contributed by atoms with van der Waals surface area (Å²) in [5.41, 5.74) is 3.26. The molecule has 1 aromatic heterocycles. The van der Waals surface area contributed by atoms with Crippen molar-refractivity contribution in [1.29, 1.82) is 0 Å². The van der Waals surface area contributed by atoms with Gasteiger partial charge in [-0.25, -0.2) is 4.68 Å². The third-order valence-corrected chi connectivity index (χ3v) is 4.32. The van der Waals surface area contributed by atoms with Crippen LogP contribution in [0.2, 0.25) is 0 Å². The van der Waals surface area contributed by atoms with Gasteiger partial charge in [0.1, 0.15) is 5.75 Å². The summed E-state index contributed by atoms with van der Waals surface area (Å²) in [6.07, 6.45) is 3.70. The maximum absolute atomic E-state index is 9.87. The van der Waals surface area contributed by atoms with Gasteiger partial charge in [0.2, 0.25) is 0 Å². The Kier molecular flexibility index (Phi) is 5.48. The van der Waals surface area contributed by atoms with Gasteiger partial charge in [-0.1, -0.05) is 24.3 Å². The Hall–Kier alpha value is -2.63. The van der Waals surface area contributed by atoms with Crippen molar-refractivity contribution in [2.45, 2.75) is 12.6 Å². The molecule has 5 heteroatoms. The van der Waals surface area contributed by atoms with Crippen LogP contribution in [0.4, 0.5) is 0 Å². The average molecular weight is 337 g/mol. The molecule has 2 aromatic carbocycles. The molecular weight excluding hydrogens is 314 g/mol. The summed E-state index contributed by atoms with van der Waals surface area (Å²) in [4.78, 5) is 2.14. The first-order chi connectivity index (χ1) is 12.2. The zero-order chi connectivity index (χ0) is 17.6. The number of hydrogen-bond acceptors (Lipinski definition) is 4. The molecule has 3 rings (SSSR count). The molecule has 130 valence electrons. The fraction of sp³-hybridized carbons (Fsp3) is 0.250. The second-order valence-corrected chi connectivity index (χ2v) is 6.01. The molecule has 1 heterocycles. The molecule has 0 fully saturated rings. The predicted molar refractivity (Wildman–Crippen MR) is 97.9 cm³/mol. The van der Waals surface area contributed by atoms with Crippen LogP contribution in [0.3, 0.4) is 0 Å². The summed E-state index contributed by atoms with van der Waals surface area (Å²) in [7, 11) is 3.67. The van der Waals surface area contributed by atoms with E-state index in [4.69, 9.17) is 4.74 Å². The van der Waals surface area contributed by atoms with Crippen molar-refractivity contribution in [2.24, 2.45) is 0 Å². The summed E-state index contributed by atoms with van der Waals surface area (Å²) in [5, 5.41) is 14.1. The fourth-order valence-corrected chi connectivity index (χ4v) is 2.94. The van der Waals surface area contributed by atoms with Gasteiger partial charge in [-0.15, -0.1) is 0 Å². The van der Waals surface area contributed by atoms with Crippen LogP contribution in [0.5, 0.6) is 5.75 Å². The van der Waals surface area contributed by atoms with E-state index in [-0.39, 0.29) is 12.6 Å². The van der Waals surface area contributed by atoms with Gasteiger partial charge in [-0.05, 0) is 48.5 Å². The van der Waals surface area contributed by atoms with Gasteiger partial charge >= 0.3 is 0 Å². The lowest BCUT2D eigenvalue weighted by atomic mass is 10.1. The van der Waals surface area contributed by atoms with Gasteiger partial charge in [0.15, 0.2) is 0 Å². The van der Waals surface area contributed by atoms with Gasteiger partial charge in [0, 0.05) is 18.9 Å². The first kappa shape index (κ1) is 17.2. The van der Waals surface area contributed by atoms with E-state index < -0.39 is 0 Å². The van der Waals surface area contributed by atoms with E-state index in [2.05, 4.69) is 22.1 Å². The first-order valence-corrected chi connectivity index (χ1v) is 8.25. The number of aliphatic hydroxyl groups excluding tert-OH is 1. The van der Waals surface area contributed by atoms with Crippen LogP contribution in [0.25, 0.3) is 5.69 Å². The van der Waals surface area contributed by atoms with Crippen LogP contribution in [0, 0.1) is 0 Å². The number of aromatic nitrogens is 2. The van der Waals surface area contributed by atoms with E-state index in [1.807, 2.05) is 60.4 Å². The molecule has 1 unspecified atom stereocenters. The average Bonchev–Trinajstić information content (AvgIpc) is 3.18. The summed E-state index contributed by atoms with van der Waals surface area (Å²) in [5.74, 6) is 0.815. The molecule has 0 aliphatic carbocycles. The molecule has 0 aliphatic heterocycles. The molecule has 0 aliphatic rings. The van der Waals surface area contributed by atoms with Gasteiger partial charge < -0.3 is 9.84 Å². The van der Waals surface area contributed by atoms with Crippen LogP contribution < -0.4 is 4.74 Å². The van der Waals surface area contributed by atoms with Crippen LogP contribution in [-0.2, 0) is 6.54 Å². The first-order valence-electron chi connectivity index (χ1n) is 8.25. The molecular formula is C20H23N3O2. The van der Waals surface area contributed by atoms with E-state index in [1.54, 1.807) is 13.3 Å². The Morgan fingerprint density at radius 1 is 1.16 bits per heavy atom. The van der Waals surface area contributed by atoms with E-state index >= 15 is 0 Å². The smallest absolute Gasteiger partial charge is 0.118 e. The largest absolute Gasteiger partial charge is 0.497 e. The summed E-state index contributed by atoms with van der Waals surface area (Å²) >= 11 is 0. The molecule has 0 amide bonds. The fourth-order valence-electron chi connectivity index (χ4n) is 2.94. The molecule has 0 radical (unpaired) electrons. The summed E-state index contributed by atoms with van der Waals surface area (Å²) in [6.45, 7) is 0.786. The molecule has 3 aromatic rings. The molecule has 1 N–H and O–H groups in total. The minimum absolute atomic E-state index is 0.0572. The highest BCUT2D eigenvalue weighted by molar-refractivity contribution is 5.35. The molecule has 0 saturated heterocycles. The van der Waals surface area contributed by atoms with E-state index in [1.165, 1.54) is 5.56 Å². The van der Waals surface area contributed by atoms with Crippen LogP contribution in [0.15, 0.2) is 67.0 Å². The Morgan fingerprint density at radius 2 is 1.96 bits per heavy atom. The zero-order valence-electron chi connectivity index (χ0n) is 14.5. The van der Waals surface area contributed by atoms with E-state index in [0.29, 0.717) is 0 Å². The SMILES string of the molecule is COc1ccc(C(CO)N(C)Cc2cccc(-n3cccn3)c2)cc1. The zero-order valence-corrected chi connectivity index (χ0v) is 14.5. The van der Waals surface area contributed by atoms with Crippen LogP contribution in [0.1, 0.15) is 17.2 Å². The second kappa shape index (κ2) is 7.96. The van der Waals surface area contributed by atoms with Gasteiger partial charge in [0.05, 0.1) is 25.4 Å². The highest BCUT2D eigenvalue weighted by Crippen LogP contribution is 2.23. The Balaban J connectivity index is 1.75. The molecule has 0 spiro atoms. The third kappa shape index (κ3) is 4.07. The van der Waals surface area contributed by atoms with Crippen molar-refractivity contribution in [1.82, 2.24) is 14.7 Å². The lowest BCUT2D eigenvalue weighted by Gasteiger charge is -2.27. The Morgan fingerprint density at radius 3 is 2.60 bits per heavy atom. The number of benzene rings is 2. The van der Waals surface area contributed by atoms with Gasteiger partial charge in [0.25, 0.3) is 0 Å². The standard InChI is InChI=1S/C20H23N3O2/c1-22(20(15-24)17-7-9-19(25-2)10-8-17)14-16-5-3-6-18(13-16)23-12-4-11-21-23/h3-13,20,24H,14-15H2,1-2H3. The molecule has 0 bridgehead atoms. The number of aliphatic hydroxyl groups is 1. The Bertz CT molecular complexity index is 785. The number of nitrogens with zero attached hydrogens (tertiary/aromatic N) is 3. The van der Waals surface area contributed by atoms with Gasteiger partial charge in [-0.3, -0.25) is 4.90 Å². The lowest BCUT2D eigenvalue weighted by Crippen LogP contribution is -2.27. The van der Waals surface area contributed by atoms with E-state index in [9.17, 15) is 5.11 Å². The Labute approximate surface area is 148 Å². The topological polar surface area (TPSA) is 50.5 Å². The van der Waals surface area contributed by atoms with Crippen molar-refractivity contribution >= 4 is 0 Å². The molecule has 1 atom stereocenters. The maximum atomic E-state index is 9.87. The van der Waals surface area contributed by atoms with Crippen molar-refractivity contribution < 1.29 is 9.84 Å². The summed E-state index contributed by atoms with van der Waals surface area (Å²) in [6, 6.07) is 17.9. The minimum atomic E-state index is -0.0701. The monoisotopic (exact) mass is 337 g/mol. The van der Waals surface area contributed by atoms with Crippen molar-refractivity contribution in [3.8, 4) is 11.4 Å². The molecule has 0 saturated carbocycles. The van der Waals surface area contributed by atoms with Crippen LogP contribution in [-0.4, -0.2) is 40.6 Å². The number of hydrogen-bond donors (Lipinski definition) is 1. The van der Waals surface area contributed by atoms with Crippen LogP contribution >= 0.6 is 0 Å². The minimum Gasteiger partial charge on any atom is -0.497 e. The second-order valence-electron chi connectivity index (χ2n) is 6.01. The van der Waals surface area contributed by atoms with Crippen molar-refractivity contribution in [3.63, 3.8) is 0 Å². The van der Waals surface area contributed by atoms with E-state index in [0.717, 1.165) is 23.5 Å². The van der Waals surface area contributed by atoms with Crippen molar-refractivity contribution in [2.75, 3.05) is 20.8 Å². The van der Waals surface area contributed by atoms with Crippen molar-refractivity contribution in [3.05, 3.63) is 78.1 Å². The predicted octanol–water partition coefficient (Wildman–Crippen LogP) is 3.05. The molecule has 5 nitrogen and oxygen atoms in total. The number of ether oxygens (including phenoxy) is 1. The third-order valence-electron chi connectivity index (χ3n) is 4.32. The quantitative estimate of drug-likeness (QED) is 0.720.